The fourth-order valence-electron chi connectivity index (χ4n) is 2.96. The van der Waals surface area contributed by atoms with Crippen LogP contribution in [-0.2, 0) is 0 Å². The maximum Gasteiger partial charge on any atom is 0.270 e. The smallest absolute Gasteiger partial charge is 0.270 e. The van der Waals surface area contributed by atoms with Gasteiger partial charge in [-0.05, 0) is 37.1 Å². The summed E-state index contributed by atoms with van der Waals surface area (Å²) >= 11 is 0. The van der Waals surface area contributed by atoms with Crippen molar-refractivity contribution in [2.75, 3.05) is 0 Å². The summed E-state index contributed by atoms with van der Waals surface area (Å²) < 4.78 is 0. The molecule has 0 unspecified atom stereocenters. The molecule has 2 aromatic heterocycles. The van der Waals surface area contributed by atoms with Crippen LogP contribution in [0.3, 0.4) is 0 Å². The predicted molar refractivity (Wildman–Crippen MR) is 89.5 cm³/mol. The van der Waals surface area contributed by atoms with Crippen LogP contribution in [0.2, 0.25) is 0 Å². The molecular formula is C18H20N4O2. The van der Waals surface area contributed by atoms with Crippen LogP contribution < -0.4 is 10.6 Å². The van der Waals surface area contributed by atoms with Crippen LogP contribution in [0.1, 0.15) is 46.5 Å². The van der Waals surface area contributed by atoms with Crippen LogP contribution in [-0.4, -0.2) is 33.9 Å². The van der Waals surface area contributed by atoms with Crippen molar-refractivity contribution in [2.24, 2.45) is 0 Å². The number of carbonyl (C=O) groups excluding carboxylic acids is 2. The highest BCUT2D eigenvalue weighted by molar-refractivity contribution is 5.94. The first-order chi connectivity index (χ1) is 11.7. The summed E-state index contributed by atoms with van der Waals surface area (Å²) in [4.78, 5) is 32.7. The van der Waals surface area contributed by atoms with E-state index in [1.54, 1.807) is 48.9 Å². The van der Waals surface area contributed by atoms with Crippen molar-refractivity contribution in [3.05, 3.63) is 60.2 Å². The Morgan fingerprint density at radius 3 is 2.29 bits per heavy atom. The number of nitrogens with one attached hydrogen (secondary N) is 2. The molecule has 0 radical (unpaired) electrons. The topological polar surface area (TPSA) is 84.0 Å². The Hall–Kier alpha value is -2.76. The van der Waals surface area contributed by atoms with Gasteiger partial charge >= 0.3 is 0 Å². The molecule has 0 spiro atoms. The number of rotatable bonds is 4. The van der Waals surface area contributed by atoms with Gasteiger partial charge < -0.3 is 10.6 Å². The number of hydrogen-bond acceptors (Lipinski definition) is 4. The third-order valence-electron chi connectivity index (χ3n) is 4.22. The van der Waals surface area contributed by atoms with Crippen molar-refractivity contribution in [2.45, 2.75) is 37.8 Å². The van der Waals surface area contributed by atoms with E-state index < -0.39 is 0 Å². The molecule has 2 N–H and O–H groups in total. The number of carbonyl (C=O) groups is 2. The fraction of sp³-hybridized carbons (Fsp3) is 0.333. The Bertz CT molecular complexity index is 629. The van der Waals surface area contributed by atoms with E-state index in [4.69, 9.17) is 0 Å². The van der Waals surface area contributed by atoms with Gasteiger partial charge in [0.15, 0.2) is 0 Å². The Kier molecular flexibility index (Phi) is 5.15. The molecule has 3 rings (SSSR count). The van der Waals surface area contributed by atoms with Gasteiger partial charge in [-0.2, -0.15) is 0 Å². The summed E-state index contributed by atoms with van der Waals surface area (Å²) in [6.45, 7) is 0. The molecule has 0 bridgehead atoms. The van der Waals surface area contributed by atoms with E-state index in [1.165, 1.54) is 0 Å². The lowest BCUT2D eigenvalue weighted by Gasteiger charge is -2.32. The molecule has 0 saturated heterocycles. The minimum atomic E-state index is -0.205. The summed E-state index contributed by atoms with van der Waals surface area (Å²) in [5, 5.41) is 6.04. The van der Waals surface area contributed by atoms with E-state index in [9.17, 15) is 9.59 Å². The molecule has 0 aliphatic heterocycles. The number of pyridine rings is 2. The first kappa shape index (κ1) is 16.1. The molecule has 6 heteroatoms. The van der Waals surface area contributed by atoms with E-state index in [-0.39, 0.29) is 23.9 Å². The van der Waals surface area contributed by atoms with Crippen molar-refractivity contribution in [1.29, 1.82) is 0 Å². The van der Waals surface area contributed by atoms with Crippen LogP contribution in [0.25, 0.3) is 0 Å². The Labute approximate surface area is 140 Å². The molecule has 24 heavy (non-hydrogen) atoms. The maximum atomic E-state index is 12.3. The highest BCUT2D eigenvalue weighted by Gasteiger charge is 2.28. The molecule has 124 valence electrons. The first-order valence-corrected chi connectivity index (χ1v) is 8.17. The Balaban J connectivity index is 1.65. The van der Waals surface area contributed by atoms with Crippen LogP contribution in [0, 0.1) is 0 Å². The van der Waals surface area contributed by atoms with Crippen LogP contribution >= 0.6 is 0 Å². The lowest BCUT2D eigenvalue weighted by Crippen LogP contribution is -2.53. The van der Waals surface area contributed by atoms with Gasteiger partial charge in [0.25, 0.3) is 11.8 Å². The first-order valence-electron chi connectivity index (χ1n) is 8.17. The minimum absolute atomic E-state index is 0.0841. The molecular weight excluding hydrogens is 304 g/mol. The monoisotopic (exact) mass is 324 g/mol. The summed E-state index contributed by atoms with van der Waals surface area (Å²) in [5.74, 6) is -0.366. The van der Waals surface area contributed by atoms with E-state index >= 15 is 0 Å². The van der Waals surface area contributed by atoms with Gasteiger partial charge in [-0.3, -0.25) is 19.6 Å². The van der Waals surface area contributed by atoms with Crippen LogP contribution in [0.15, 0.2) is 48.9 Å². The molecule has 1 aliphatic rings. The molecule has 1 fully saturated rings. The van der Waals surface area contributed by atoms with Crippen LogP contribution in [0.4, 0.5) is 0 Å². The third-order valence-corrected chi connectivity index (χ3v) is 4.22. The second-order valence-corrected chi connectivity index (χ2v) is 5.90. The zero-order valence-corrected chi connectivity index (χ0v) is 13.3. The van der Waals surface area contributed by atoms with Gasteiger partial charge in [-0.25, -0.2) is 0 Å². The molecule has 0 aromatic carbocycles. The van der Waals surface area contributed by atoms with Crippen molar-refractivity contribution in [3.63, 3.8) is 0 Å². The van der Waals surface area contributed by atoms with Crippen LogP contribution in [0.5, 0.6) is 0 Å². The van der Waals surface area contributed by atoms with E-state index in [1.807, 2.05) is 0 Å². The Morgan fingerprint density at radius 2 is 1.67 bits per heavy atom. The minimum Gasteiger partial charge on any atom is -0.347 e. The third kappa shape index (κ3) is 3.95. The fourth-order valence-corrected chi connectivity index (χ4v) is 2.96. The summed E-state index contributed by atoms with van der Waals surface area (Å²) in [6.07, 6.45) is 8.53. The Morgan fingerprint density at radius 1 is 0.917 bits per heavy atom. The summed E-state index contributed by atoms with van der Waals surface area (Å²) in [5.41, 5.74) is 0.915. The van der Waals surface area contributed by atoms with Gasteiger partial charge in [0, 0.05) is 30.7 Å². The lowest BCUT2D eigenvalue weighted by atomic mass is 9.90. The lowest BCUT2D eigenvalue weighted by molar-refractivity contribution is 0.0860. The van der Waals surface area contributed by atoms with Crippen molar-refractivity contribution in [1.82, 2.24) is 20.6 Å². The van der Waals surface area contributed by atoms with Gasteiger partial charge in [0.05, 0.1) is 5.56 Å². The summed E-state index contributed by atoms with van der Waals surface area (Å²) in [6, 6.07) is 8.52. The standard InChI is InChI=1S/C18H20N4O2/c23-17(13-6-5-10-19-12-13)21-14-7-1-2-8-15(14)22-18(24)16-9-3-4-11-20-16/h3-6,9-12,14-15H,1-2,7-8H2,(H,21,23)(H,22,24)/t14-,15-/m0/s1. The summed E-state index contributed by atoms with van der Waals surface area (Å²) in [7, 11) is 0. The second-order valence-electron chi connectivity index (χ2n) is 5.90. The van der Waals surface area contributed by atoms with Crippen molar-refractivity contribution >= 4 is 11.8 Å². The number of aromatic nitrogens is 2. The molecule has 2 heterocycles. The highest BCUT2D eigenvalue weighted by atomic mass is 16.2. The normalized spacial score (nSPS) is 20.2. The number of nitrogens with zero attached hydrogens (tertiary/aromatic N) is 2. The average molecular weight is 324 g/mol. The van der Waals surface area contributed by atoms with Crippen molar-refractivity contribution in [3.8, 4) is 0 Å². The quantitative estimate of drug-likeness (QED) is 0.900. The predicted octanol–water partition coefficient (Wildman–Crippen LogP) is 1.95. The van der Waals surface area contributed by atoms with E-state index in [0.717, 1.165) is 25.7 Å². The van der Waals surface area contributed by atoms with Gasteiger partial charge in [-0.1, -0.05) is 18.9 Å². The zero-order valence-electron chi connectivity index (χ0n) is 13.3. The number of hydrogen-bond donors (Lipinski definition) is 2. The molecule has 1 aliphatic carbocycles. The number of amides is 2. The SMILES string of the molecule is O=C(N[C@H]1CCCC[C@@H]1NC(=O)c1ccccn1)c1cccnc1. The largest absolute Gasteiger partial charge is 0.347 e. The molecule has 2 amide bonds. The molecule has 1 saturated carbocycles. The van der Waals surface area contributed by atoms with E-state index in [0.29, 0.717) is 11.3 Å². The van der Waals surface area contributed by atoms with Crippen molar-refractivity contribution < 1.29 is 9.59 Å². The molecule has 2 atom stereocenters. The van der Waals surface area contributed by atoms with Gasteiger partial charge in [-0.15, -0.1) is 0 Å². The van der Waals surface area contributed by atoms with Gasteiger partial charge in [0.2, 0.25) is 0 Å². The molecule has 6 nitrogen and oxygen atoms in total. The second kappa shape index (κ2) is 7.68. The zero-order chi connectivity index (χ0) is 16.8. The van der Waals surface area contributed by atoms with E-state index in [2.05, 4.69) is 20.6 Å². The highest BCUT2D eigenvalue weighted by Crippen LogP contribution is 2.19. The molecule has 2 aromatic rings. The van der Waals surface area contributed by atoms with Gasteiger partial charge in [0.1, 0.15) is 5.69 Å². The maximum absolute atomic E-state index is 12.3. The average Bonchev–Trinajstić information content (AvgIpc) is 2.64.